The second-order valence-electron chi connectivity index (χ2n) is 8.81. The van der Waals surface area contributed by atoms with Gasteiger partial charge in [-0.25, -0.2) is 0 Å². The SMILES string of the molecule is CCC(C(=O)NC1CCCCC1)N(Cc1cccc(OC)c1)C(=O)Cc1cccc(C)c1. The van der Waals surface area contributed by atoms with Crippen LogP contribution in [0.4, 0.5) is 0 Å². The Kier molecular flexibility index (Phi) is 8.72. The van der Waals surface area contributed by atoms with Crippen molar-refractivity contribution in [2.45, 2.75) is 77.4 Å². The molecule has 1 atom stereocenters. The Hall–Kier alpha value is -2.82. The Morgan fingerprint density at radius 1 is 1.06 bits per heavy atom. The van der Waals surface area contributed by atoms with Crippen LogP contribution < -0.4 is 10.1 Å². The van der Waals surface area contributed by atoms with Crippen LogP contribution in [0.1, 0.15) is 62.1 Å². The van der Waals surface area contributed by atoms with Crippen molar-refractivity contribution in [2.24, 2.45) is 0 Å². The fourth-order valence-electron chi connectivity index (χ4n) is 4.53. The number of hydrogen-bond donors (Lipinski definition) is 1. The number of carbonyl (C=O) groups is 2. The third-order valence-electron chi connectivity index (χ3n) is 6.26. The third kappa shape index (κ3) is 6.59. The van der Waals surface area contributed by atoms with E-state index < -0.39 is 6.04 Å². The van der Waals surface area contributed by atoms with Crippen LogP contribution in [-0.4, -0.2) is 35.9 Å². The van der Waals surface area contributed by atoms with E-state index in [2.05, 4.69) is 5.32 Å². The molecule has 5 heteroatoms. The number of aryl methyl sites for hydroxylation is 1. The van der Waals surface area contributed by atoms with E-state index in [0.717, 1.165) is 48.1 Å². The molecule has 172 valence electrons. The van der Waals surface area contributed by atoms with E-state index in [1.54, 1.807) is 12.0 Å². The van der Waals surface area contributed by atoms with E-state index in [1.165, 1.54) is 6.42 Å². The fraction of sp³-hybridized carbons (Fsp3) is 0.481. The van der Waals surface area contributed by atoms with E-state index in [1.807, 2.05) is 62.4 Å². The Morgan fingerprint density at radius 2 is 1.78 bits per heavy atom. The van der Waals surface area contributed by atoms with Crippen LogP contribution in [-0.2, 0) is 22.6 Å². The molecular formula is C27H36N2O3. The number of benzene rings is 2. The first kappa shape index (κ1) is 23.8. The monoisotopic (exact) mass is 436 g/mol. The summed E-state index contributed by atoms with van der Waals surface area (Å²) < 4.78 is 5.36. The van der Waals surface area contributed by atoms with Gasteiger partial charge in [0.25, 0.3) is 0 Å². The topological polar surface area (TPSA) is 58.6 Å². The predicted octanol–water partition coefficient (Wildman–Crippen LogP) is 4.80. The largest absolute Gasteiger partial charge is 0.497 e. The zero-order valence-electron chi connectivity index (χ0n) is 19.6. The van der Waals surface area contributed by atoms with Gasteiger partial charge in [-0.05, 0) is 49.4 Å². The highest BCUT2D eigenvalue weighted by Crippen LogP contribution is 2.21. The summed E-state index contributed by atoms with van der Waals surface area (Å²) in [5, 5.41) is 3.23. The van der Waals surface area contributed by atoms with Crippen molar-refractivity contribution in [1.29, 1.82) is 0 Å². The molecular weight excluding hydrogens is 400 g/mol. The lowest BCUT2D eigenvalue weighted by molar-refractivity contribution is -0.141. The minimum atomic E-state index is -0.500. The van der Waals surface area contributed by atoms with Crippen molar-refractivity contribution in [3.05, 3.63) is 65.2 Å². The van der Waals surface area contributed by atoms with Crippen molar-refractivity contribution < 1.29 is 14.3 Å². The summed E-state index contributed by atoms with van der Waals surface area (Å²) in [5.41, 5.74) is 3.04. The quantitative estimate of drug-likeness (QED) is 0.614. The molecule has 5 nitrogen and oxygen atoms in total. The summed E-state index contributed by atoms with van der Waals surface area (Å²) >= 11 is 0. The lowest BCUT2D eigenvalue weighted by Crippen LogP contribution is -2.51. The van der Waals surface area contributed by atoms with Gasteiger partial charge in [-0.3, -0.25) is 9.59 Å². The number of ether oxygens (including phenoxy) is 1. The third-order valence-corrected chi connectivity index (χ3v) is 6.26. The molecule has 1 fully saturated rings. The first-order valence-corrected chi connectivity index (χ1v) is 11.8. The molecule has 1 unspecified atom stereocenters. The molecule has 2 amide bonds. The molecule has 2 aromatic carbocycles. The average Bonchev–Trinajstić information content (AvgIpc) is 2.79. The smallest absolute Gasteiger partial charge is 0.243 e. The summed E-state index contributed by atoms with van der Waals surface area (Å²) in [6.07, 6.45) is 6.44. The van der Waals surface area contributed by atoms with Crippen LogP contribution in [0.25, 0.3) is 0 Å². The number of carbonyl (C=O) groups excluding carboxylic acids is 2. The summed E-state index contributed by atoms with van der Waals surface area (Å²) in [6, 6.07) is 15.4. The zero-order chi connectivity index (χ0) is 22.9. The minimum absolute atomic E-state index is 0.0379. The summed E-state index contributed by atoms with van der Waals surface area (Å²) in [7, 11) is 1.63. The van der Waals surface area contributed by atoms with Crippen LogP contribution in [0.2, 0.25) is 0 Å². The number of nitrogens with one attached hydrogen (secondary N) is 1. The number of methoxy groups -OCH3 is 1. The Bertz CT molecular complexity index is 905. The first-order valence-electron chi connectivity index (χ1n) is 11.8. The number of nitrogens with zero attached hydrogens (tertiary/aromatic N) is 1. The van der Waals surface area contributed by atoms with Gasteiger partial charge in [0.15, 0.2) is 0 Å². The maximum absolute atomic E-state index is 13.5. The molecule has 32 heavy (non-hydrogen) atoms. The summed E-state index contributed by atoms with van der Waals surface area (Å²) in [5.74, 6) is 0.664. The van der Waals surface area contributed by atoms with Crippen molar-refractivity contribution in [2.75, 3.05) is 7.11 Å². The predicted molar refractivity (Wildman–Crippen MR) is 128 cm³/mol. The van der Waals surface area contributed by atoms with Gasteiger partial charge in [0.05, 0.1) is 13.5 Å². The van der Waals surface area contributed by atoms with E-state index in [-0.39, 0.29) is 24.3 Å². The molecule has 2 aromatic rings. The van der Waals surface area contributed by atoms with Crippen molar-refractivity contribution in [1.82, 2.24) is 10.2 Å². The molecule has 0 radical (unpaired) electrons. The first-order chi connectivity index (χ1) is 15.5. The molecule has 0 bridgehead atoms. The van der Waals surface area contributed by atoms with Crippen LogP contribution in [0.5, 0.6) is 5.75 Å². The lowest BCUT2D eigenvalue weighted by atomic mass is 9.95. The van der Waals surface area contributed by atoms with Gasteiger partial charge in [-0.1, -0.05) is 68.1 Å². The highest BCUT2D eigenvalue weighted by Gasteiger charge is 2.30. The van der Waals surface area contributed by atoms with Gasteiger partial charge in [0.1, 0.15) is 11.8 Å². The van der Waals surface area contributed by atoms with E-state index in [9.17, 15) is 9.59 Å². The second-order valence-corrected chi connectivity index (χ2v) is 8.81. The molecule has 0 heterocycles. The normalized spacial score (nSPS) is 15.1. The van der Waals surface area contributed by atoms with Crippen LogP contribution in [0, 0.1) is 6.92 Å². The summed E-state index contributed by atoms with van der Waals surface area (Å²) in [6.45, 7) is 4.37. The average molecular weight is 437 g/mol. The number of amides is 2. The fourth-order valence-corrected chi connectivity index (χ4v) is 4.53. The zero-order valence-corrected chi connectivity index (χ0v) is 19.6. The van der Waals surface area contributed by atoms with Crippen molar-refractivity contribution in [3.8, 4) is 5.75 Å². The van der Waals surface area contributed by atoms with Crippen LogP contribution in [0.15, 0.2) is 48.5 Å². The van der Waals surface area contributed by atoms with Gasteiger partial charge >= 0.3 is 0 Å². The number of rotatable bonds is 9. The van der Waals surface area contributed by atoms with Gasteiger partial charge < -0.3 is 15.0 Å². The second kappa shape index (κ2) is 11.7. The Morgan fingerprint density at radius 3 is 2.47 bits per heavy atom. The molecule has 1 N–H and O–H groups in total. The molecule has 0 aliphatic heterocycles. The van der Waals surface area contributed by atoms with E-state index >= 15 is 0 Å². The minimum Gasteiger partial charge on any atom is -0.497 e. The van der Waals surface area contributed by atoms with E-state index in [4.69, 9.17) is 4.74 Å². The molecule has 3 rings (SSSR count). The van der Waals surface area contributed by atoms with Crippen LogP contribution in [0.3, 0.4) is 0 Å². The lowest BCUT2D eigenvalue weighted by Gasteiger charge is -2.33. The van der Waals surface area contributed by atoms with Gasteiger partial charge in [0, 0.05) is 12.6 Å². The van der Waals surface area contributed by atoms with Gasteiger partial charge in [-0.15, -0.1) is 0 Å². The van der Waals surface area contributed by atoms with Crippen molar-refractivity contribution in [3.63, 3.8) is 0 Å². The summed E-state index contributed by atoms with van der Waals surface area (Å²) in [4.78, 5) is 28.5. The maximum atomic E-state index is 13.5. The molecule has 1 saturated carbocycles. The molecule has 1 aliphatic carbocycles. The number of hydrogen-bond acceptors (Lipinski definition) is 3. The Balaban J connectivity index is 1.82. The molecule has 0 spiro atoms. The van der Waals surface area contributed by atoms with E-state index in [0.29, 0.717) is 13.0 Å². The highest BCUT2D eigenvalue weighted by molar-refractivity contribution is 5.88. The van der Waals surface area contributed by atoms with Crippen molar-refractivity contribution >= 4 is 11.8 Å². The molecule has 1 aliphatic rings. The van der Waals surface area contributed by atoms with Gasteiger partial charge in [0.2, 0.25) is 11.8 Å². The molecule has 0 aromatic heterocycles. The van der Waals surface area contributed by atoms with Gasteiger partial charge in [-0.2, -0.15) is 0 Å². The van der Waals surface area contributed by atoms with Crippen LogP contribution >= 0.6 is 0 Å². The maximum Gasteiger partial charge on any atom is 0.243 e. The standard InChI is InChI=1S/C27H36N2O3/c1-4-25(27(31)28-23-13-6-5-7-14-23)29(19-22-12-9-15-24(17-22)32-3)26(30)18-21-11-8-10-20(2)16-21/h8-12,15-17,23,25H,4-7,13-14,18-19H2,1-3H3,(H,28,31). The molecule has 0 saturated heterocycles. The Labute approximate surface area is 192 Å². The highest BCUT2D eigenvalue weighted by atomic mass is 16.5.